The molecule has 0 spiro atoms. The van der Waals surface area contributed by atoms with E-state index in [1.165, 1.54) is 25.7 Å². The Morgan fingerprint density at radius 1 is 0.518 bits per heavy atom. The summed E-state index contributed by atoms with van der Waals surface area (Å²) in [5.74, 6) is 0.793. The van der Waals surface area contributed by atoms with Crippen LogP contribution in [0.15, 0.2) is 133 Å². The Morgan fingerprint density at radius 2 is 0.946 bits per heavy atom. The summed E-state index contributed by atoms with van der Waals surface area (Å²) in [5, 5.41) is -0.151. The van der Waals surface area contributed by atoms with E-state index in [9.17, 15) is 14.4 Å². The molecule has 56 heavy (non-hydrogen) atoms. The van der Waals surface area contributed by atoms with Crippen LogP contribution in [0.2, 0.25) is 0 Å². The van der Waals surface area contributed by atoms with Gasteiger partial charge in [0.2, 0.25) is 16.3 Å². The van der Waals surface area contributed by atoms with E-state index in [-0.39, 0.29) is 10.4 Å². The van der Waals surface area contributed by atoms with Crippen molar-refractivity contribution >= 4 is 45.5 Å². The normalized spacial score (nSPS) is 16.9. The molecule has 7 rings (SSSR count). The molecular formula is C49H48O5S2. The van der Waals surface area contributed by atoms with Gasteiger partial charge in [-0.05, 0) is 59.4 Å². The highest BCUT2D eigenvalue weighted by molar-refractivity contribution is 8.08. The first-order valence-electron chi connectivity index (χ1n) is 19.9. The first-order valence-corrected chi connectivity index (χ1v) is 21.6. The second kappa shape index (κ2) is 18.9. The van der Waals surface area contributed by atoms with Crippen molar-refractivity contribution in [2.45, 2.75) is 86.8 Å². The number of hydrogen-bond donors (Lipinski definition) is 0. The van der Waals surface area contributed by atoms with E-state index < -0.39 is 28.1 Å². The molecule has 0 bridgehead atoms. The molecule has 2 aliphatic heterocycles. The molecule has 5 nitrogen and oxygen atoms in total. The summed E-state index contributed by atoms with van der Waals surface area (Å²) in [6, 6.07) is 32.2. The van der Waals surface area contributed by atoms with Gasteiger partial charge in [-0.15, -0.1) is 0 Å². The van der Waals surface area contributed by atoms with Crippen LogP contribution in [0.3, 0.4) is 0 Å². The Morgan fingerprint density at radius 3 is 1.36 bits per heavy atom. The summed E-state index contributed by atoms with van der Waals surface area (Å²) in [6.45, 7) is 5.69. The van der Waals surface area contributed by atoms with Crippen molar-refractivity contribution in [3.8, 4) is 11.5 Å². The lowest BCUT2D eigenvalue weighted by Gasteiger charge is -2.23. The number of rotatable bonds is 16. The lowest BCUT2D eigenvalue weighted by atomic mass is 9.95. The third kappa shape index (κ3) is 9.22. The molecule has 2 aliphatic rings. The topological polar surface area (TPSA) is 69.7 Å². The van der Waals surface area contributed by atoms with Crippen molar-refractivity contribution in [2.24, 2.45) is 0 Å². The van der Waals surface area contributed by atoms with Gasteiger partial charge in [-0.3, -0.25) is 14.4 Å². The Labute approximate surface area is 337 Å². The molecule has 0 saturated carbocycles. The van der Waals surface area contributed by atoms with Crippen molar-refractivity contribution in [1.82, 2.24) is 0 Å². The zero-order valence-electron chi connectivity index (χ0n) is 32.1. The van der Waals surface area contributed by atoms with Gasteiger partial charge in [-0.1, -0.05) is 173 Å². The second-order valence-corrected chi connectivity index (χ2v) is 16.6. The van der Waals surface area contributed by atoms with Gasteiger partial charge in [0.15, 0.2) is 0 Å². The molecule has 0 N–H and O–H groups in total. The van der Waals surface area contributed by atoms with E-state index in [0.29, 0.717) is 13.2 Å². The number of hydrogen-bond acceptors (Lipinski definition) is 7. The molecule has 5 aromatic carbocycles. The molecular weight excluding hydrogens is 733 g/mol. The molecule has 2 atom stereocenters. The van der Waals surface area contributed by atoms with E-state index in [1.54, 1.807) is 35.7 Å². The number of allylic oxidation sites excluding steroid dienone is 2. The van der Waals surface area contributed by atoms with Crippen LogP contribution in [0.1, 0.15) is 99.3 Å². The lowest BCUT2D eigenvalue weighted by molar-refractivity contribution is 0.304. The van der Waals surface area contributed by atoms with Gasteiger partial charge in [0.05, 0.1) is 23.7 Å². The van der Waals surface area contributed by atoms with Gasteiger partial charge in [-0.2, -0.15) is 0 Å². The smallest absolute Gasteiger partial charge is 0.237 e. The molecule has 7 heteroatoms. The third-order valence-corrected chi connectivity index (χ3v) is 12.6. The average molecular weight is 781 g/mol. The van der Waals surface area contributed by atoms with Crippen molar-refractivity contribution in [3.05, 3.63) is 173 Å². The molecule has 5 aromatic rings. The highest BCUT2D eigenvalue weighted by Crippen LogP contribution is 2.48. The maximum atomic E-state index is 14.2. The molecule has 0 aromatic heterocycles. The summed E-state index contributed by atoms with van der Waals surface area (Å²) in [6.07, 6.45) is 16.5. The Balaban J connectivity index is 1.27. The summed E-state index contributed by atoms with van der Waals surface area (Å²) in [7, 11) is 0. The minimum atomic E-state index is -0.757. The van der Waals surface area contributed by atoms with Crippen LogP contribution in [-0.2, 0) is 0 Å². The summed E-state index contributed by atoms with van der Waals surface area (Å²) < 4.78 is 12.3. The molecule has 0 fully saturated rings. The number of benzene rings is 4. The standard InChI is InChI=1S/C49H48O5S2/c1-3-5-7-15-25-53-37-21-23-39-35(29-43(55-45(39)31-37)33-17-11-9-12-18-33)27-41-47(50)42(49(52)48(41)51)28-36-30-44(34-19-13-10-14-20-34)56-46-32-38(22-24-40(36)46)54-26-16-8-6-4-2/h9-14,17-24,27-32,35-36H,3-8,15-16,25-26H2,1-2H3/b41-27-,42-28+. The molecule has 2 unspecified atom stereocenters. The van der Waals surface area contributed by atoms with Crippen LogP contribution in [0.5, 0.6) is 11.5 Å². The second-order valence-electron chi connectivity index (χ2n) is 14.4. The minimum Gasteiger partial charge on any atom is -0.494 e. The van der Waals surface area contributed by atoms with Gasteiger partial charge >= 0.3 is 0 Å². The van der Waals surface area contributed by atoms with Gasteiger partial charge in [-0.25, -0.2) is 0 Å². The fourth-order valence-corrected chi connectivity index (χ4v) is 9.64. The van der Waals surface area contributed by atoms with E-state index in [2.05, 4.69) is 50.3 Å². The minimum absolute atomic E-state index is 0.0755. The van der Waals surface area contributed by atoms with Crippen molar-refractivity contribution in [3.63, 3.8) is 0 Å². The Hall–Kier alpha value is -4.85. The quantitative estimate of drug-likeness (QED) is 0.0730. The van der Waals surface area contributed by atoms with E-state index >= 15 is 0 Å². The highest BCUT2D eigenvalue weighted by atomic mass is 32.2. The number of fused-ring (bicyclic) bond motifs is 2. The molecule has 0 saturated heterocycles. The van der Waals surface area contributed by atoms with Crippen LogP contribution in [0.25, 0.3) is 22.0 Å². The molecule has 286 valence electrons. The van der Waals surface area contributed by atoms with Crippen LogP contribution in [0.4, 0.5) is 0 Å². The lowest BCUT2D eigenvalue weighted by Crippen LogP contribution is -2.37. The van der Waals surface area contributed by atoms with Crippen LogP contribution < -0.4 is 36.2 Å². The molecule has 0 radical (unpaired) electrons. The zero-order chi connectivity index (χ0) is 38.9. The predicted molar refractivity (Wildman–Crippen MR) is 234 cm³/mol. The first kappa shape index (κ1) is 39.4. The Bertz CT molecular complexity index is 2310. The van der Waals surface area contributed by atoms with Crippen LogP contribution in [0, 0.1) is 0 Å². The third-order valence-electron chi connectivity index (χ3n) is 10.3. The molecule has 2 heterocycles. The SMILES string of the molecule is CCCCCCOc1ccc2c(c1)SC(c1ccccc1)=CC2/C=c1\c(=O)c(=O)/c(=C/C2C=C(c3ccccc3)Sc3cc(OCCCCCC)ccc32)c1=O. The fourth-order valence-electron chi connectivity index (χ4n) is 7.23. The van der Waals surface area contributed by atoms with Gasteiger partial charge in [0.25, 0.3) is 0 Å². The number of thioether (sulfide) groups is 2. The van der Waals surface area contributed by atoms with E-state index in [4.69, 9.17) is 9.47 Å². The first-order chi connectivity index (χ1) is 27.4. The highest BCUT2D eigenvalue weighted by Gasteiger charge is 2.25. The number of unbranched alkanes of at least 4 members (excludes halogenated alkanes) is 6. The van der Waals surface area contributed by atoms with Crippen LogP contribution >= 0.6 is 23.5 Å². The Kier molecular flexibility index (Phi) is 13.3. The molecule has 0 aliphatic carbocycles. The van der Waals surface area contributed by atoms with Crippen LogP contribution in [-0.4, -0.2) is 13.2 Å². The van der Waals surface area contributed by atoms with Gasteiger partial charge in [0, 0.05) is 31.4 Å². The maximum absolute atomic E-state index is 14.2. The monoisotopic (exact) mass is 780 g/mol. The van der Waals surface area contributed by atoms with E-state index in [0.717, 1.165) is 79.0 Å². The van der Waals surface area contributed by atoms with Crippen molar-refractivity contribution in [2.75, 3.05) is 13.2 Å². The predicted octanol–water partition coefficient (Wildman–Crippen LogP) is 9.98. The number of ether oxygens (including phenoxy) is 2. The van der Waals surface area contributed by atoms with Crippen molar-refractivity contribution in [1.29, 1.82) is 0 Å². The zero-order valence-corrected chi connectivity index (χ0v) is 33.8. The van der Waals surface area contributed by atoms with Crippen molar-refractivity contribution < 1.29 is 9.47 Å². The van der Waals surface area contributed by atoms with Gasteiger partial charge < -0.3 is 9.47 Å². The summed E-state index contributed by atoms with van der Waals surface area (Å²) in [4.78, 5) is 45.7. The van der Waals surface area contributed by atoms with Gasteiger partial charge in [0.1, 0.15) is 11.5 Å². The average Bonchev–Trinajstić information content (AvgIpc) is 3.42. The summed E-state index contributed by atoms with van der Waals surface area (Å²) >= 11 is 3.29. The molecule has 0 amide bonds. The maximum Gasteiger partial charge on any atom is 0.237 e. The summed E-state index contributed by atoms with van der Waals surface area (Å²) in [5.41, 5.74) is 1.96. The van der Waals surface area contributed by atoms with E-state index in [1.807, 2.05) is 72.8 Å². The largest absolute Gasteiger partial charge is 0.494 e. The fraction of sp³-hybridized carbons (Fsp3) is 0.286.